The fourth-order valence-corrected chi connectivity index (χ4v) is 1.50. The van der Waals surface area contributed by atoms with E-state index in [0.29, 0.717) is 11.8 Å². The summed E-state index contributed by atoms with van der Waals surface area (Å²) in [5.74, 6) is -6.44. The van der Waals surface area contributed by atoms with Crippen molar-refractivity contribution in [3.8, 4) is 0 Å². The van der Waals surface area contributed by atoms with Crippen molar-refractivity contribution in [2.45, 2.75) is 12.3 Å². The molecule has 0 saturated carbocycles. The van der Waals surface area contributed by atoms with Crippen molar-refractivity contribution in [3.63, 3.8) is 0 Å². The van der Waals surface area contributed by atoms with Crippen LogP contribution in [0.4, 0.5) is 23.2 Å². The van der Waals surface area contributed by atoms with Crippen LogP contribution in [0.15, 0.2) is 36.4 Å². The quantitative estimate of drug-likeness (QED) is 0.326. The fraction of sp³-hybridized carbons (Fsp3) is 0.231. The average molecular weight is 431 g/mol. The second kappa shape index (κ2) is 8.11. The Morgan fingerprint density at radius 1 is 1.23 bits per heavy atom. The minimum atomic E-state index is -4.42. The number of rotatable bonds is 6. The van der Waals surface area contributed by atoms with Gasteiger partial charge in [0.15, 0.2) is 6.61 Å². The van der Waals surface area contributed by atoms with Crippen LogP contribution in [-0.4, -0.2) is 30.8 Å². The van der Waals surface area contributed by atoms with Gasteiger partial charge in [-0.15, -0.1) is 0 Å². The summed E-state index contributed by atoms with van der Waals surface area (Å²) in [6.07, 6.45) is -2.61. The van der Waals surface area contributed by atoms with Gasteiger partial charge in [0.1, 0.15) is 0 Å². The molecule has 1 rings (SSSR count). The van der Waals surface area contributed by atoms with Gasteiger partial charge in [0.25, 0.3) is 0 Å². The topological polar surface area (TPSA) is 55.4 Å². The maximum absolute atomic E-state index is 12.5. The van der Waals surface area contributed by atoms with Gasteiger partial charge in [-0.05, 0) is 46.9 Å². The maximum Gasteiger partial charge on any atom is 0.340 e. The normalized spacial score (nSPS) is 11.7. The smallest absolute Gasteiger partial charge is 0.340 e. The lowest BCUT2D eigenvalue weighted by Gasteiger charge is -2.13. The van der Waals surface area contributed by atoms with E-state index in [-0.39, 0.29) is 0 Å². The van der Waals surface area contributed by atoms with E-state index in [9.17, 15) is 27.2 Å². The molecule has 9 heteroatoms. The van der Waals surface area contributed by atoms with Crippen molar-refractivity contribution in [3.05, 3.63) is 40.0 Å². The summed E-state index contributed by atoms with van der Waals surface area (Å²) in [6.45, 7) is -1.76. The van der Waals surface area contributed by atoms with E-state index in [1.54, 1.807) is 24.3 Å². The Balaban J connectivity index is 2.45. The van der Waals surface area contributed by atoms with Crippen LogP contribution in [0.2, 0.25) is 0 Å². The van der Waals surface area contributed by atoms with Gasteiger partial charge in [0.05, 0.1) is 0 Å². The third-order valence-corrected chi connectivity index (χ3v) is 2.93. The Hall–Kier alpha value is -1.65. The number of hydrogen-bond acceptors (Lipinski definition) is 3. The summed E-state index contributed by atoms with van der Waals surface area (Å²) >= 11 is 2.07. The lowest BCUT2D eigenvalue weighted by molar-refractivity contribution is -0.176. The zero-order valence-electron chi connectivity index (χ0n) is 10.9. The first-order chi connectivity index (χ1) is 10.2. The molecule has 22 heavy (non-hydrogen) atoms. The molecule has 0 saturated heterocycles. The molecule has 1 amide bonds. The SMILES string of the molecule is O=C(/C=C/C(=O)OCC(F)(F)C(F)F)Nc1ccc(I)cc1. The van der Waals surface area contributed by atoms with Crippen molar-refractivity contribution < 1.29 is 31.9 Å². The van der Waals surface area contributed by atoms with E-state index in [4.69, 9.17) is 0 Å². The molecule has 0 aromatic heterocycles. The van der Waals surface area contributed by atoms with Gasteiger partial charge in [-0.2, -0.15) is 8.78 Å². The van der Waals surface area contributed by atoms with E-state index >= 15 is 0 Å². The average Bonchev–Trinajstić information content (AvgIpc) is 2.45. The molecule has 1 N–H and O–H groups in total. The van der Waals surface area contributed by atoms with Gasteiger partial charge in [-0.1, -0.05) is 0 Å². The second-order valence-electron chi connectivity index (χ2n) is 4.00. The van der Waals surface area contributed by atoms with E-state index in [0.717, 1.165) is 9.65 Å². The molecule has 120 valence electrons. The lowest BCUT2D eigenvalue weighted by Crippen LogP contribution is -2.33. The molecule has 0 bridgehead atoms. The van der Waals surface area contributed by atoms with Crippen molar-refractivity contribution >= 4 is 40.2 Å². The minimum Gasteiger partial charge on any atom is -0.456 e. The highest BCUT2D eigenvalue weighted by molar-refractivity contribution is 14.1. The molecular weight excluding hydrogens is 421 g/mol. The fourth-order valence-electron chi connectivity index (χ4n) is 1.14. The third-order valence-electron chi connectivity index (χ3n) is 2.21. The lowest BCUT2D eigenvalue weighted by atomic mass is 10.3. The van der Waals surface area contributed by atoms with Gasteiger partial charge in [-0.3, -0.25) is 4.79 Å². The van der Waals surface area contributed by atoms with Crippen LogP contribution in [0.5, 0.6) is 0 Å². The summed E-state index contributed by atoms with van der Waals surface area (Å²) in [5, 5.41) is 2.41. The first kappa shape index (κ1) is 18.4. The summed E-state index contributed by atoms with van der Waals surface area (Å²) in [4.78, 5) is 22.5. The molecular formula is C13H10F4INO3. The highest BCUT2D eigenvalue weighted by atomic mass is 127. The van der Waals surface area contributed by atoms with Crippen LogP contribution in [0.3, 0.4) is 0 Å². The number of nitrogens with one attached hydrogen (secondary N) is 1. The number of amides is 1. The first-order valence-electron chi connectivity index (χ1n) is 5.78. The van der Waals surface area contributed by atoms with Crippen LogP contribution in [0.25, 0.3) is 0 Å². The van der Waals surface area contributed by atoms with E-state index in [1.807, 2.05) is 0 Å². The van der Waals surface area contributed by atoms with Crippen molar-refractivity contribution in [2.75, 3.05) is 11.9 Å². The maximum atomic E-state index is 12.5. The summed E-state index contributed by atoms with van der Waals surface area (Å²) < 4.78 is 53.5. The van der Waals surface area contributed by atoms with E-state index in [2.05, 4.69) is 32.6 Å². The van der Waals surface area contributed by atoms with Crippen LogP contribution >= 0.6 is 22.6 Å². The van der Waals surface area contributed by atoms with Crippen molar-refractivity contribution in [2.24, 2.45) is 0 Å². The number of carbonyl (C=O) groups is 2. The number of benzene rings is 1. The van der Waals surface area contributed by atoms with Crippen molar-refractivity contribution in [1.29, 1.82) is 0 Å². The highest BCUT2D eigenvalue weighted by Gasteiger charge is 2.42. The summed E-state index contributed by atoms with van der Waals surface area (Å²) in [6, 6.07) is 6.71. The summed E-state index contributed by atoms with van der Waals surface area (Å²) in [7, 11) is 0. The second-order valence-corrected chi connectivity index (χ2v) is 5.24. The molecule has 0 fully saturated rings. The number of alkyl halides is 4. The predicted molar refractivity (Wildman–Crippen MR) is 78.8 cm³/mol. The Morgan fingerprint density at radius 2 is 1.82 bits per heavy atom. The monoisotopic (exact) mass is 431 g/mol. The van der Waals surface area contributed by atoms with Crippen molar-refractivity contribution in [1.82, 2.24) is 0 Å². The van der Waals surface area contributed by atoms with Gasteiger partial charge < -0.3 is 10.1 Å². The Labute approximate surface area is 136 Å². The Morgan fingerprint density at radius 3 is 2.36 bits per heavy atom. The number of halogens is 5. The zero-order valence-corrected chi connectivity index (χ0v) is 13.0. The van der Waals surface area contributed by atoms with Crippen LogP contribution in [0, 0.1) is 3.57 Å². The van der Waals surface area contributed by atoms with Gasteiger partial charge in [0, 0.05) is 21.4 Å². The number of anilines is 1. The van der Waals surface area contributed by atoms with Gasteiger partial charge in [-0.25, -0.2) is 13.6 Å². The zero-order chi connectivity index (χ0) is 16.8. The molecule has 1 aromatic rings. The van der Waals surface area contributed by atoms with Gasteiger partial charge in [0.2, 0.25) is 5.91 Å². The number of ether oxygens (including phenoxy) is 1. The molecule has 0 aliphatic carbocycles. The first-order valence-corrected chi connectivity index (χ1v) is 6.86. The Bertz CT molecular complexity index is 561. The number of hydrogen-bond donors (Lipinski definition) is 1. The minimum absolute atomic E-state index is 0.465. The molecule has 0 aliphatic rings. The highest BCUT2D eigenvalue weighted by Crippen LogP contribution is 2.22. The van der Waals surface area contributed by atoms with E-state index in [1.165, 1.54) is 0 Å². The van der Waals surface area contributed by atoms with Crippen LogP contribution in [0.1, 0.15) is 0 Å². The molecule has 0 unspecified atom stereocenters. The molecule has 0 heterocycles. The number of carbonyl (C=O) groups excluding carboxylic acids is 2. The number of esters is 1. The predicted octanol–water partition coefficient (Wildman–Crippen LogP) is 3.23. The summed E-state index contributed by atoms with van der Waals surface area (Å²) in [5.41, 5.74) is 0.465. The Kier molecular flexibility index (Phi) is 6.78. The largest absolute Gasteiger partial charge is 0.456 e. The third kappa shape index (κ3) is 6.41. The molecule has 4 nitrogen and oxygen atoms in total. The molecule has 0 atom stereocenters. The molecule has 1 aromatic carbocycles. The standard InChI is InChI=1S/C13H10F4INO3/c14-12(15)13(16,17)7-22-11(21)6-5-10(20)19-9-3-1-8(18)2-4-9/h1-6,12H,7H2,(H,19,20)/b6-5+. The molecule has 0 spiro atoms. The molecule has 0 radical (unpaired) electrons. The van der Waals surface area contributed by atoms with Gasteiger partial charge >= 0.3 is 18.3 Å². The van der Waals surface area contributed by atoms with E-state index < -0.39 is 30.8 Å². The molecule has 0 aliphatic heterocycles. The van der Waals surface area contributed by atoms with Crippen LogP contribution in [-0.2, 0) is 14.3 Å². The van der Waals surface area contributed by atoms with Crippen LogP contribution < -0.4 is 5.32 Å².